The SMILES string of the molecule is COc1cccc(C2CC(N)CN(c3cccc(F)c3)C2)c1. The second-order valence-corrected chi connectivity index (χ2v) is 5.85. The van der Waals surface area contributed by atoms with Crippen LogP contribution in [-0.4, -0.2) is 26.2 Å². The van der Waals surface area contributed by atoms with Crippen LogP contribution in [0.5, 0.6) is 5.75 Å². The van der Waals surface area contributed by atoms with Crippen LogP contribution in [0.3, 0.4) is 0 Å². The molecule has 22 heavy (non-hydrogen) atoms. The Kier molecular flexibility index (Phi) is 4.29. The molecule has 1 heterocycles. The molecule has 0 radical (unpaired) electrons. The van der Waals surface area contributed by atoms with Crippen LogP contribution in [-0.2, 0) is 0 Å². The smallest absolute Gasteiger partial charge is 0.125 e. The molecule has 2 aromatic carbocycles. The molecule has 1 aliphatic heterocycles. The first-order valence-corrected chi connectivity index (χ1v) is 7.56. The summed E-state index contributed by atoms with van der Waals surface area (Å²) < 4.78 is 18.8. The van der Waals surface area contributed by atoms with E-state index < -0.39 is 0 Å². The van der Waals surface area contributed by atoms with E-state index in [1.165, 1.54) is 11.6 Å². The Hall–Kier alpha value is -2.07. The van der Waals surface area contributed by atoms with Gasteiger partial charge in [0.2, 0.25) is 0 Å². The van der Waals surface area contributed by atoms with E-state index >= 15 is 0 Å². The van der Waals surface area contributed by atoms with Crippen molar-refractivity contribution in [1.82, 2.24) is 0 Å². The fraction of sp³-hybridized carbons (Fsp3) is 0.333. The van der Waals surface area contributed by atoms with Gasteiger partial charge in [0.05, 0.1) is 7.11 Å². The van der Waals surface area contributed by atoms with Crippen molar-refractivity contribution in [2.45, 2.75) is 18.4 Å². The van der Waals surface area contributed by atoms with Crippen molar-refractivity contribution in [2.24, 2.45) is 5.73 Å². The Labute approximate surface area is 130 Å². The number of benzene rings is 2. The number of nitrogens with two attached hydrogens (primary N) is 1. The Balaban J connectivity index is 1.84. The maximum atomic E-state index is 13.5. The average Bonchev–Trinajstić information content (AvgIpc) is 2.54. The van der Waals surface area contributed by atoms with Crippen molar-refractivity contribution < 1.29 is 9.13 Å². The van der Waals surface area contributed by atoms with Gasteiger partial charge in [-0.25, -0.2) is 4.39 Å². The summed E-state index contributed by atoms with van der Waals surface area (Å²) in [6, 6.07) is 14.9. The van der Waals surface area contributed by atoms with Crippen LogP contribution in [0.1, 0.15) is 17.9 Å². The maximum absolute atomic E-state index is 13.5. The topological polar surface area (TPSA) is 38.5 Å². The number of hydrogen-bond acceptors (Lipinski definition) is 3. The van der Waals surface area contributed by atoms with E-state index in [0.717, 1.165) is 30.9 Å². The van der Waals surface area contributed by atoms with E-state index in [-0.39, 0.29) is 11.9 Å². The summed E-state index contributed by atoms with van der Waals surface area (Å²) in [6.45, 7) is 1.59. The summed E-state index contributed by atoms with van der Waals surface area (Å²) in [7, 11) is 1.67. The minimum absolute atomic E-state index is 0.0771. The van der Waals surface area contributed by atoms with Crippen molar-refractivity contribution >= 4 is 5.69 Å². The lowest BCUT2D eigenvalue weighted by atomic mass is 9.88. The highest BCUT2D eigenvalue weighted by Crippen LogP contribution is 2.31. The summed E-state index contributed by atoms with van der Waals surface area (Å²) in [5.41, 5.74) is 8.34. The fourth-order valence-corrected chi connectivity index (χ4v) is 3.16. The van der Waals surface area contributed by atoms with Gasteiger partial charge in [-0.2, -0.15) is 0 Å². The van der Waals surface area contributed by atoms with Crippen LogP contribution in [0.2, 0.25) is 0 Å². The Morgan fingerprint density at radius 2 is 1.95 bits per heavy atom. The van der Waals surface area contributed by atoms with Gasteiger partial charge < -0.3 is 15.4 Å². The molecule has 4 heteroatoms. The second-order valence-electron chi connectivity index (χ2n) is 5.85. The molecule has 116 valence electrons. The molecule has 2 unspecified atom stereocenters. The number of halogens is 1. The maximum Gasteiger partial charge on any atom is 0.125 e. The molecule has 0 amide bonds. The number of anilines is 1. The number of hydrogen-bond donors (Lipinski definition) is 1. The second kappa shape index (κ2) is 6.36. The highest BCUT2D eigenvalue weighted by Gasteiger charge is 2.26. The van der Waals surface area contributed by atoms with Gasteiger partial charge in [0, 0.05) is 30.7 Å². The lowest BCUT2D eigenvalue weighted by molar-refractivity contribution is 0.411. The van der Waals surface area contributed by atoms with Crippen molar-refractivity contribution in [3.63, 3.8) is 0 Å². The van der Waals surface area contributed by atoms with Gasteiger partial charge in [-0.15, -0.1) is 0 Å². The summed E-state index contributed by atoms with van der Waals surface area (Å²) in [5, 5.41) is 0. The first-order valence-electron chi connectivity index (χ1n) is 7.56. The van der Waals surface area contributed by atoms with Crippen LogP contribution in [0.4, 0.5) is 10.1 Å². The monoisotopic (exact) mass is 300 g/mol. The van der Waals surface area contributed by atoms with Gasteiger partial charge in [-0.3, -0.25) is 0 Å². The molecule has 0 aromatic heterocycles. The van der Waals surface area contributed by atoms with Gasteiger partial charge in [-0.05, 0) is 42.3 Å². The van der Waals surface area contributed by atoms with E-state index in [9.17, 15) is 4.39 Å². The molecular formula is C18H21FN2O. The summed E-state index contributed by atoms with van der Waals surface area (Å²) in [6.07, 6.45) is 0.930. The minimum Gasteiger partial charge on any atom is -0.497 e. The van der Waals surface area contributed by atoms with Gasteiger partial charge in [0.25, 0.3) is 0 Å². The van der Waals surface area contributed by atoms with Crippen molar-refractivity contribution in [1.29, 1.82) is 0 Å². The van der Waals surface area contributed by atoms with Crippen LogP contribution in [0.15, 0.2) is 48.5 Å². The van der Waals surface area contributed by atoms with E-state index in [0.29, 0.717) is 5.92 Å². The number of methoxy groups -OCH3 is 1. The Bertz CT molecular complexity index is 646. The van der Waals surface area contributed by atoms with Crippen LogP contribution < -0.4 is 15.4 Å². The van der Waals surface area contributed by atoms with Gasteiger partial charge in [-0.1, -0.05) is 18.2 Å². The highest BCUT2D eigenvalue weighted by atomic mass is 19.1. The third-order valence-electron chi connectivity index (χ3n) is 4.22. The Morgan fingerprint density at radius 1 is 1.14 bits per heavy atom. The van der Waals surface area contributed by atoms with E-state index in [1.54, 1.807) is 19.2 Å². The molecule has 1 aliphatic rings. The molecule has 0 saturated carbocycles. The first kappa shape index (κ1) is 14.9. The van der Waals surface area contributed by atoms with Crippen LogP contribution in [0, 0.1) is 5.82 Å². The zero-order valence-corrected chi connectivity index (χ0v) is 12.7. The number of ether oxygens (including phenoxy) is 1. The molecular weight excluding hydrogens is 279 g/mol. The van der Waals surface area contributed by atoms with Gasteiger partial charge in [0.15, 0.2) is 0 Å². The predicted octanol–water partition coefficient (Wildman–Crippen LogP) is 3.16. The third kappa shape index (κ3) is 3.22. The van der Waals surface area contributed by atoms with E-state index in [2.05, 4.69) is 17.0 Å². The lowest BCUT2D eigenvalue weighted by Gasteiger charge is -2.38. The standard InChI is InChI=1S/C18H21FN2O/c1-22-18-7-2-4-13(9-18)14-8-16(20)12-21(11-14)17-6-3-5-15(19)10-17/h2-7,9-10,14,16H,8,11-12,20H2,1H3. The van der Waals surface area contributed by atoms with Crippen LogP contribution in [0.25, 0.3) is 0 Å². The molecule has 3 rings (SSSR count). The summed E-state index contributed by atoms with van der Waals surface area (Å²) >= 11 is 0. The Morgan fingerprint density at radius 3 is 2.73 bits per heavy atom. The minimum atomic E-state index is -0.213. The average molecular weight is 300 g/mol. The van der Waals surface area contributed by atoms with Gasteiger partial charge >= 0.3 is 0 Å². The number of piperidine rings is 1. The largest absolute Gasteiger partial charge is 0.497 e. The third-order valence-corrected chi connectivity index (χ3v) is 4.22. The van der Waals surface area contributed by atoms with Crippen molar-refractivity contribution in [3.8, 4) is 5.75 Å². The molecule has 3 nitrogen and oxygen atoms in total. The molecule has 0 bridgehead atoms. The quantitative estimate of drug-likeness (QED) is 0.946. The molecule has 1 fully saturated rings. The molecule has 0 aliphatic carbocycles. The molecule has 1 saturated heterocycles. The van der Waals surface area contributed by atoms with E-state index in [4.69, 9.17) is 10.5 Å². The molecule has 2 aromatic rings. The highest BCUT2D eigenvalue weighted by molar-refractivity contribution is 5.48. The van der Waals surface area contributed by atoms with Crippen molar-refractivity contribution in [2.75, 3.05) is 25.1 Å². The van der Waals surface area contributed by atoms with Crippen LogP contribution >= 0.6 is 0 Å². The van der Waals surface area contributed by atoms with Gasteiger partial charge in [0.1, 0.15) is 11.6 Å². The number of nitrogens with zero attached hydrogens (tertiary/aromatic N) is 1. The lowest BCUT2D eigenvalue weighted by Crippen LogP contribution is -2.46. The summed E-state index contributed by atoms with van der Waals surface area (Å²) in [5.74, 6) is 0.964. The first-order chi connectivity index (χ1) is 10.7. The fourth-order valence-electron chi connectivity index (χ4n) is 3.16. The predicted molar refractivity (Wildman–Crippen MR) is 86.9 cm³/mol. The normalized spacial score (nSPS) is 21.7. The zero-order valence-electron chi connectivity index (χ0n) is 12.7. The zero-order chi connectivity index (χ0) is 15.5. The molecule has 2 N–H and O–H groups in total. The molecule has 0 spiro atoms. The summed E-state index contributed by atoms with van der Waals surface area (Å²) in [4.78, 5) is 2.17. The van der Waals surface area contributed by atoms with E-state index in [1.807, 2.05) is 18.2 Å². The van der Waals surface area contributed by atoms with Crippen molar-refractivity contribution in [3.05, 3.63) is 59.9 Å². The molecule has 2 atom stereocenters. The number of rotatable bonds is 3.